The number of rotatable bonds is 3. The van der Waals surface area contributed by atoms with E-state index in [0.717, 1.165) is 32.0 Å². The van der Waals surface area contributed by atoms with E-state index >= 15 is 0 Å². The highest BCUT2D eigenvalue weighted by Gasteiger charge is 2.20. The van der Waals surface area contributed by atoms with Crippen molar-refractivity contribution >= 4 is 5.82 Å². The standard InChI is InChI=1S/C13H20FN3/c1-3-11(2)16-7-9-17(10-8-16)13-6-4-5-12(14)15-13/h4-6,11H,3,7-10H2,1-2H3. The van der Waals surface area contributed by atoms with Crippen molar-refractivity contribution in [1.29, 1.82) is 0 Å². The monoisotopic (exact) mass is 237 g/mol. The van der Waals surface area contributed by atoms with E-state index in [1.165, 1.54) is 12.5 Å². The average Bonchev–Trinajstić information content (AvgIpc) is 2.38. The molecular formula is C13H20FN3. The van der Waals surface area contributed by atoms with Gasteiger partial charge in [0.25, 0.3) is 0 Å². The van der Waals surface area contributed by atoms with Gasteiger partial charge in [-0.15, -0.1) is 0 Å². The Morgan fingerprint density at radius 2 is 2.00 bits per heavy atom. The largest absolute Gasteiger partial charge is 0.354 e. The number of piperazine rings is 1. The van der Waals surface area contributed by atoms with Crippen molar-refractivity contribution in [3.63, 3.8) is 0 Å². The summed E-state index contributed by atoms with van der Waals surface area (Å²) in [5.74, 6) is 0.362. The number of pyridine rings is 1. The summed E-state index contributed by atoms with van der Waals surface area (Å²) in [6.45, 7) is 8.41. The maximum Gasteiger partial charge on any atom is 0.214 e. The lowest BCUT2D eigenvalue weighted by Crippen LogP contribution is -2.49. The summed E-state index contributed by atoms with van der Waals surface area (Å²) in [6, 6.07) is 5.62. The summed E-state index contributed by atoms with van der Waals surface area (Å²) in [7, 11) is 0. The van der Waals surface area contributed by atoms with Crippen LogP contribution in [-0.2, 0) is 0 Å². The van der Waals surface area contributed by atoms with Crippen molar-refractivity contribution in [3.05, 3.63) is 24.1 Å². The van der Waals surface area contributed by atoms with Crippen molar-refractivity contribution in [2.75, 3.05) is 31.1 Å². The molecule has 0 bridgehead atoms. The first kappa shape index (κ1) is 12.3. The lowest BCUT2D eigenvalue weighted by atomic mass is 10.2. The van der Waals surface area contributed by atoms with Gasteiger partial charge in [0.15, 0.2) is 0 Å². The topological polar surface area (TPSA) is 19.4 Å². The van der Waals surface area contributed by atoms with Crippen LogP contribution in [0.25, 0.3) is 0 Å². The zero-order chi connectivity index (χ0) is 12.3. The molecular weight excluding hydrogens is 217 g/mol. The lowest BCUT2D eigenvalue weighted by Gasteiger charge is -2.38. The van der Waals surface area contributed by atoms with E-state index in [-0.39, 0.29) is 0 Å². The van der Waals surface area contributed by atoms with Crippen LogP contribution in [0.4, 0.5) is 10.2 Å². The number of hydrogen-bond donors (Lipinski definition) is 0. The van der Waals surface area contributed by atoms with Crippen LogP contribution in [0.2, 0.25) is 0 Å². The molecule has 3 nitrogen and oxygen atoms in total. The SMILES string of the molecule is CCC(C)N1CCN(c2cccc(F)n2)CC1. The molecule has 1 aromatic heterocycles. The molecule has 0 spiro atoms. The summed E-state index contributed by atoms with van der Waals surface area (Å²) >= 11 is 0. The van der Waals surface area contributed by atoms with Crippen molar-refractivity contribution in [2.45, 2.75) is 26.3 Å². The first-order valence-electron chi connectivity index (χ1n) is 6.32. The fourth-order valence-electron chi connectivity index (χ4n) is 2.22. The van der Waals surface area contributed by atoms with Gasteiger partial charge in [0.05, 0.1) is 0 Å². The fourth-order valence-corrected chi connectivity index (χ4v) is 2.22. The van der Waals surface area contributed by atoms with Crippen LogP contribution in [0.3, 0.4) is 0 Å². The predicted molar refractivity (Wildman–Crippen MR) is 67.7 cm³/mol. The second kappa shape index (κ2) is 5.45. The van der Waals surface area contributed by atoms with E-state index in [0.29, 0.717) is 6.04 Å². The molecule has 0 N–H and O–H groups in total. The molecule has 0 amide bonds. The third-order valence-corrected chi connectivity index (χ3v) is 3.55. The Labute approximate surface area is 102 Å². The summed E-state index contributed by atoms with van der Waals surface area (Å²) in [5, 5.41) is 0. The summed E-state index contributed by atoms with van der Waals surface area (Å²) in [5.41, 5.74) is 0. The second-order valence-electron chi connectivity index (χ2n) is 4.60. The molecule has 0 saturated carbocycles. The molecule has 0 aromatic carbocycles. The van der Waals surface area contributed by atoms with E-state index < -0.39 is 5.95 Å². The average molecular weight is 237 g/mol. The van der Waals surface area contributed by atoms with E-state index in [4.69, 9.17) is 0 Å². The Kier molecular flexibility index (Phi) is 3.94. The number of aromatic nitrogens is 1. The maximum absolute atomic E-state index is 13.0. The van der Waals surface area contributed by atoms with E-state index in [1.54, 1.807) is 6.07 Å². The summed E-state index contributed by atoms with van der Waals surface area (Å²) < 4.78 is 13.0. The molecule has 1 aliphatic heterocycles. The number of nitrogens with zero attached hydrogens (tertiary/aromatic N) is 3. The quantitative estimate of drug-likeness (QED) is 0.751. The van der Waals surface area contributed by atoms with Crippen molar-refractivity contribution in [3.8, 4) is 0 Å². The van der Waals surface area contributed by atoms with Gasteiger partial charge in [-0.05, 0) is 25.5 Å². The highest BCUT2D eigenvalue weighted by molar-refractivity contribution is 5.38. The Hall–Kier alpha value is -1.16. The van der Waals surface area contributed by atoms with Gasteiger partial charge in [-0.25, -0.2) is 4.98 Å². The van der Waals surface area contributed by atoms with Gasteiger partial charge in [0.1, 0.15) is 5.82 Å². The van der Waals surface area contributed by atoms with Gasteiger partial charge >= 0.3 is 0 Å². The molecule has 94 valence electrons. The van der Waals surface area contributed by atoms with E-state index in [9.17, 15) is 4.39 Å². The minimum atomic E-state index is -0.396. The minimum Gasteiger partial charge on any atom is -0.354 e. The Morgan fingerprint density at radius 1 is 1.29 bits per heavy atom. The summed E-state index contributed by atoms with van der Waals surface area (Å²) in [6.07, 6.45) is 1.18. The second-order valence-corrected chi connectivity index (χ2v) is 4.60. The van der Waals surface area contributed by atoms with Crippen LogP contribution in [0.5, 0.6) is 0 Å². The molecule has 1 aliphatic rings. The van der Waals surface area contributed by atoms with Crippen molar-refractivity contribution in [2.24, 2.45) is 0 Å². The molecule has 1 aromatic rings. The van der Waals surface area contributed by atoms with Crippen molar-refractivity contribution in [1.82, 2.24) is 9.88 Å². The van der Waals surface area contributed by atoms with Crippen LogP contribution < -0.4 is 4.90 Å². The molecule has 17 heavy (non-hydrogen) atoms. The smallest absolute Gasteiger partial charge is 0.214 e. The number of anilines is 1. The molecule has 1 fully saturated rings. The molecule has 2 heterocycles. The van der Waals surface area contributed by atoms with Crippen LogP contribution in [0.15, 0.2) is 18.2 Å². The molecule has 1 atom stereocenters. The predicted octanol–water partition coefficient (Wildman–Crippen LogP) is 2.14. The van der Waals surface area contributed by atoms with Gasteiger partial charge < -0.3 is 4.90 Å². The first-order valence-corrected chi connectivity index (χ1v) is 6.32. The fraction of sp³-hybridized carbons (Fsp3) is 0.615. The summed E-state index contributed by atoms with van der Waals surface area (Å²) in [4.78, 5) is 8.56. The van der Waals surface area contributed by atoms with Gasteiger partial charge in [-0.3, -0.25) is 4.90 Å². The normalized spacial score (nSPS) is 19.4. The Bertz CT molecular complexity index is 361. The van der Waals surface area contributed by atoms with Crippen LogP contribution in [0, 0.1) is 5.95 Å². The molecule has 0 aliphatic carbocycles. The maximum atomic E-state index is 13.0. The zero-order valence-electron chi connectivity index (χ0n) is 10.6. The highest BCUT2D eigenvalue weighted by atomic mass is 19.1. The first-order chi connectivity index (χ1) is 8.20. The zero-order valence-corrected chi connectivity index (χ0v) is 10.6. The van der Waals surface area contributed by atoms with Gasteiger partial charge in [0, 0.05) is 32.2 Å². The van der Waals surface area contributed by atoms with E-state index in [1.807, 2.05) is 6.07 Å². The molecule has 1 saturated heterocycles. The van der Waals surface area contributed by atoms with E-state index in [2.05, 4.69) is 28.6 Å². The molecule has 4 heteroatoms. The van der Waals surface area contributed by atoms with Crippen LogP contribution in [-0.4, -0.2) is 42.1 Å². The highest BCUT2D eigenvalue weighted by Crippen LogP contribution is 2.15. The minimum absolute atomic E-state index is 0.396. The Balaban J connectivity index is 1.95. The molecule has 1 unspecified atom stereocenters. The third-order valence-electron chi connectivity index (χ3n) is 3.55. The van der Waals surface area contributed by atoms with Crippen molar-refractivity contribution < 1.29 is 4.39 Å². The molecule has 2 rings (SSSR count). The van der Waals surface area contributed by atoms with Gasteiger partial charge in [0.2, 0.25) is 5.95 Å². The number of hydrogen-bond acceptors (Lipinski definition) is 3. The van der Waals surface area contributed by atoms with Gasteiger partial charge in [-0.1, -0.05) is 13.0 Å². The lowest BCUT2D eigenvalue weighted by molar-refractivity contribution is 0.192. The molecule has 0 radical (unpaired) electrons. The third kappa shape index (κ3) is 2.94. The van der Waals surface area contributed by atoms with Gasteiger partial charge in [-0.2, -0.15) is 4.39 Å². The Morgan fingerprint density at radius 3 is 2.59 bits per heavy atom. The number of halogens is 1. The van der Waals surface area contributed by atoms with Crippen LogP contribution in [0.1, 0.15) is 20.3 Å². The van der Waals surface area contributed by atoms with Crippen LogP contribution >= 0.6 is 0 Å².